The molecule has 0 spiro atoms. The van der Waals surface area contributed by atoms with Crippen LogP contribution in [0.3, 0.4) is 0 Å². The van der Waals surface area contributed by atoms with Gasteiger partial charge in [-0.05, 0) is 53.8 Å². The number of rotatable bonds is 7. The number of amides is 1. The number of carbonyl (C=O) groups is 2. The molecule has 0 saturated carbocycles. The number of nitrogens with one attached hydrogen (secondary N) is 1. The maximum Gasteiger partial charge on any atom is 0.349 e. The number of ether oxygens (including phenoxy) is 2. The first kappa shape index (κ1) is 18.7. The summed E-state index contributed by atoms with van der Waals surface area (Å²) in [6.45, 7) is 1.97. The highest BCUT2D eigenvalue weighted by atomic mass is 32.1. The number of benzene rings is 2. The summed E-state index contributed by atoms with van der Waals surface area (Å²) in [7, 11) is 0. The topological polar surface area (TPSA) is 64.6 Å². The van der Waals surface area contributed by atoms with Crippen LogP contribution in [0, 0.1) is 6.92 Å². The molecule has 27 heavy (non-hydrogen) atoms. The van der Waals surface area contributed by atoms with Gasteiger partial charge in [-0.2, -0.15) is 0 Å². The van der Waals surface area contributed by atoms with Crippen LogP contribution in [0.1, 0.15) is 20.8 Å². The molecule has 1 heterocycles. The second-order valence-corrected chi connectivity index (χ2v) is 6.77. The molecule has 0 bridgehead atoms. The smallest absolute Gasteiger partial charge is 0.349 e. The third-order valence-electron chi connectivity index (χ3n) is 3.77. The standard InChI is InChI=1S/C21H19NO4S/c1-15-11-12-27-20(15)21(24)26-14-19(23)22-17-7-9-18(10-8-17)25-13-16-5-3-2-4-6-16/h2-12H,13-14H2,1H3,(H,22,23). The number of anilines is 1. The fraction of sp³-hybridized carbons (Fsp3) is 0.143. The molecule has 1 amide bonds. The Kier molecular flexibility index (Phi) is 6.22. The Morgan fingerprint density at radius 3 is 2.41 bits per heavy atom. The van der Waals surface area contributed by atoms with Gasteiger partial charge in [0.25, 0.3) is 5.91 Å². The van der Waals surface area contributed by atoms with Crippen molar-refractivity contribution in [2.45, 2.75) is 13.5 Å². The lowest BCUT2D eigenvalue weighted by Gasteiger charge is -2.09. The van der Waals surface area contributed by atoms with Crippen molar-refractivity contribution in [3.8, 4) is 5.75 Å². The van der Waals surface area contributed by atoms with Crippen LogP contribution in [0.4, 0.5) is 5.69 Å². The van der Waals surface area contributed by atoms with Crippen LogP contribution in [-0.4, -0.2) is 18.5 Å². The summed E-state index contributed by atoms with van der Waals surface area (Å²) in [5, 5.41) is 4.50. The van der Waals surface area contributed by atoms with E-state index in [0.717, 1.165) is 11.1 Å². The van der Waals surface area contributed by atoms with Crippen LogP contribution in [0.25, 0.3) is 0 Å². The number of thiophene rings is 1. The van der Waals surface area contributed by atoms with Crippen LogP contribution in [0.5, 0.6) is 5.75 Å². The minimum atomic E-state index is -0.484. The van der Waals surface area contributed by atoms with E-state index in [-0.39, 0.29) is 6.61 Å². The van der Waals surface area contributed by atoms with Gasteiger partial charge in [0.05, 0.1) is 0 Å². The highest BCUT2D eigenvalue weighted by Gasteiger charge is 2.14. The molecule has 0 aliphatic heterocycles. The van der Waals surface area contributed by atoms with Crippen molar-refractivity contribution < 1.29 is 19.1 Å². The Morgan fingerprint density at radius 2 is 1.74 bits per heavy atom. The van der Waals surface area contributed by atoms with Gasteiger partial charge < -0.3 is 14.8 Å². The fourth-order valence-electron chi connectivity index (χ4n) is 2.35. The molecule has 1 aromatic heterocycles. The molecule has 0 aliphatic carbocycles. The highest BCUT2D eigenvalue weighted by Crippen LogP contribution is 2.18. The maximum absolute atomic E-state index is 12.0. The average Bonchev–Trinajstić information content (AvgIpc) is 3.12. The van der Waals surface area contributed by atoms with Gasteiger partial charge in [0.1, 0.15) is 17.2 Å². The predicted molar refractivity (Wildman–Crippen MR) is 105 cm³/mol. The van der Waals surface area contributed by atoms with E-state index in [0.29, 0.717) is 22.9 Å². The van der Waals surface area contributed by atoms with E-state index in [1.54, 1.807) is 24.3 Å². The molecule has 2 aromatic carbocycles. The second-order valence-electron chi connectivity index (χ2n) is 5.86. The van der Waals surface area contributed by atoms with E-state index in [9.17, 15) is 9.59 Å². The Labute approximate surface area is 161 Å². The molecule has 0 atom stereocenters. The minimum absolute atomic E-state index is 0.331. The van der Waals surface area contributed by atoms with Crippen molar-refractivity contribution in [1.82, 2.24) is 0 Å². The molecule has 0 aliphatic rings. The summed E-state index contributed by atoms with van der Waals surface area (Å²) >= 11 is 1.30. The quantitative estimate of drug-likeness (QED) is 0.615. The summed E-state index contributed by atoms with van der Waals surface area (Å²) in [5.41, 5.74) is 2.53. The SMILES string of the molecule is Cc1ccsc1C(=O)OCC(=O)Nc1ccc(OCc2ccccc2)cc1. The van der Waals surface area contributed by atoms with Gasteiger partial charge in [-0.3, -0.25) is 4.79 Å². The molecule has 3 aromatic rings. The van der Waals surface area contributed by atoms with Crippen LogP contribution in [-0.2, 0) is 16.1 Å². The molecule has 6 heteroatoms. The second kappa shape index (κ2) is 9.00. The molecule has 1 N–H and O–H groups in total. The van der Waals surface area contributed by atoms with Gasteiger partial charge in [-0.15, -0.1) is 11.3 Å². The summed E-state index contributed by atoms with van der Waals surface area (Å²) < 4.78 is 10.7. The number of aryl methyl sites for hydroxylation is 1. The normalized spacial score (nSPS) is 10.3. The Hall–Kier alpha value is -3.12. The Balaban J connectivity index is 1.45. The summed E-state index contributed by atoms with van der Waals surface area (Å²) in [4.78, 5) is 24.4. The third kappa shape index (κ3) is 5.43. The average molecular weight is 381 g/mol. The van der Waals surface area contributed by atoms with Gasteiger partial charge >= 0.3 is 5.97 Å². The number of carbonyl (C=O) groups excluding carboxylic acids is 2. The van der Waals surface area contributed by atoms with E-state index >= 15 is 0 Å². The summed E-state index contributed by atoms with van der Waals surface area (Å²) in [6, 6.07) is 18.7. The molecule has 0 unspecified atom stereocenters. The first-order valence-corrected chi connectivity index (χ1v) is 9.27. The number of hydrogen-bond acceptors (Lipinski definition) is 5. The minimum Gasteiger partial charge on any atom is -0.489 e. The largest absolute Gasteiger partial charge is 0.489 e. The van der Waals surface area contributed by atoms with Crippen LogP contribution < -0.4 is 10.1 Å². The molecule has 0 radical (unpaired) electrons. The van der Waals surface area contributed by atoms with Crippen molar-refractivity contribution in [1.29, 1.82) is 0 Å². The molecule has 0 saturated heterocycles. The lowest BCUT2D eigenvalue weighted by Crippen LogP contribution is -2.20. The van der Waals surface area contributed by atoms with Gasteiger partial charge in [-0.25, -0.2) is 4.79 Å². The molecule has 5 nitrogen and oxygen atoms in total. The third-order valence-corrected chi connectivity index (χ3v) is 4.76. The molecular formula is C21H19NO4S. The van der Waals surface area contributed by atoms with E-state index in [1.807, 2.05) is 48.7 Å². The van der Waals surface area contributed by atoms with Crippen molar-refractivity contribution in [3.63, 3.8) is 0 Å². The van der Waals surface area contributed by atoms with Gasteiger partial charge in [0.2, 0.25) is 0 Å². The highest BCUT2D eigenvalue weighted by molar-refractivity contribution is 7.12. The zero-order chi connectivity index (χ0) is 19.1. The Morgan fingerprint density at radius 1 is 1.00 bits per heavy atom. The Bertz CT molecular complexity index is 903. The zero-order valence-corrected chi connectivity index (χ0v) is 15.6. The maximum atomic E-state index is 12.0. The number of esters is 1. The van der Waals surface area contributed by atoms with Crippen molar-refractivity contribution >= 4 is 28.9 Å². The van der Waals surface area contributed by atoms with E-state index in [4.69, 9.17) is 9.47 Å². The predicted octanol–water partition coefficient (Wildman–Crippen LogP) is 4.43. The monoisotopic (exact) mass is 381 g/mol. The lowest BCUT2D eigenvalue weighted by molar-refractivity contribution is -0.119. The van der Waals surface area contributed by atoms with Crippen molar-refractivity contribution in [2.24, 2.45) is 0 Å². The molecular weight excluding hydrogens is 362 g/mol. The molecule has 0 fully saturated rings. The van der Waals surface area contributed by atoms with E-state index in [2.05, 4.69) is 5.32 Å². The fourth-order valence-corrected chi connectivity index (χ4v) is 3.17. The van der Waals surface area contributed by atoms with E-state index in [1.165, 1.54) is 11.3 Å². The van der Waals surface area contributed by atoms with Crippen molar-refractivity contribution in [3.05, 3.63) is 82.0 Å². The first-order chi connectivity index (χ1) is 13.1. The van der Waals surface area contributed by atoms with Gasteiger partial charge in [-0.1, -0.05) is 30.3 Å². The van der Waals surface area contributed by atoms with Crippen LogP contribution >= 0.6 is 11.3 Å². The first-order valence-electron chi connectivity index (χ1n) is 8.39. The molecule has 3 rings (SSSR count). The number of hydrogen-bond donors (Lipinski definition) is 1. The van der Waals surface area contributed by atoms with Crippen LogP contribution in [0.15, 0.2) is 66.0 Å². The van der Waals surface area contributed by atoms with Crippen LogP contribution in [0.2, 0.25) is 0 Å². The van der Waals surface area contributed by atoms with Gasteiger partial charge in [0.15, 0.2) is 6.61 Å². The lowest BCUT2D eigenvalue weighted by atomic mass is 10.2. The molecule has 138 valence electrons. The van der Waals surface area contributed by atoms with Crippen molar-refractivity contribution in [2.75, 3.05) is 11.9 Å². The zero-order valence-electron chi connectivity index (χ0n) is 14.8. The summed E-state index contributed by atoms with van der Waals surface area (Å²) in [6.07, 6.45) is 0. The van der Waals surface area contributed by atoms with Gasteiger partial charge in [0, 0.05) is 5.69 Å². The van der Waals surface area contributed by atoms with E-state index < -0.39 is 11.9 Å². The summed E-state index contributed by atoms with van der Waals surface area (Å²) in [5.74, 6) is -0.172.